The number of phenolic OH excluding ortho intramolecular Hbond substituents is 1. The molecule has 5 heteroatoms. The zero-order chi connectivity index (χ0) is 17.8. The normalized spacial score (nSPS) is 11.2. The Hall–Kier alpha value is -2.56. The fourth-order valence-electron chi connectivity index (χ4n) is 3.05. The summed E-state index contributed by atoms with van der Waals surface area (Å²) in [6.07, 6.45) is 3.85. The summed E-state index contributed by atoms with van der Waals surface area (Å²) in [6, 6.07) is 9.75. The molecule has 0 spiro atoms. The lowest BCUT2D eigenvalue weighted by atomic mass is 10.0. The first kappa shape index (κ1) is 17.3. The molecule has 0 bridgehead atoms. The Bertz CT molecular complexity index is 871. The maximum absolute atomic E-state index is 10.7. The van der Waals surface area contributed by atoms with Gasteiger partial charge in [0.2, 0.25) is 0 Å². The van der Waals surface area contributed by atoms with Crippen LogP contribution in [-0.4, -0.2) is 26.7 Å². The summed E-state index contributed by atoms with van der Waals surface area (Å²) in [5.74, 6) is 1.05. The Kier molecular flexibility index (Phi) is 5.22. The molecule has 132 valence electrons. The predicted molar refractivity (Wildman–Crippen MR) is 99.7 cm³/mol. The molecule has 0 aliphatic rings. The molecule has 0 radical (unpaired) electrons. The van der Waals surface area contributed by atoms with Crippen LogP contribution in [0.2, 0.25) is 0 Å². The van der Waals surface area contributed by atoms with Gasteiger partial charge in [0.25, 0.3) is 0 Å². The lowest BCUT2D eigenvalue weighted by Crippen LogP contribution is -2.03. The topological polar surface area (TPSA) is 60.2 Å². The Morgan fingerprint density at radius 1 is 0.960 bits per heavy atom. The third kappa shape index (κ3) is 3.60. The average Bonchev–Trinajstić information content (AvgIpc) is 3.01. The van der Waals surface area contributed by atoms with Crippen LogP contribution in [0.1, 0.15) is 44.7 Å². The molecule has 0 unspecified atom stereocenters. The number of rotatable bonds is 7. The van der Waals surface area contributed by atoms with Crippen molar-refractivity contribution in [2.75, 3.05) is 6.61 Å². The van der Waals surface area contributed by atoms with E-state index in [2.05, 4.69) is 30.1 Å². The first-order valence-electron chi connectivity index (χ1n) is 9.01. The van der Waals surface area contributed by atoms with Gasteiger partial charge in [-0.1, -0.05) is 32.8 Å². The van der Waals surface area contributed by atoms with Crippen molar-refractivity contribution in [1.29, 1.82) is 0 Å². The number of benzene rings is 2. The fourth-order valence-corrected chi connectivity index (χ4v) is 3.05. The maximum Gasteiger partial charge on any atom is 0.146 e. The molecule has 3 rings (SSSR count). The molecule has 0 fully saturated rings. The summed E-state index contributed by atoms with van der Waals surface area (Å²) >= 11 is 0. The largest absolute Gasteiger partial charge is 0.505 e. The van der Waals surface area contributed by atoms with E-state index in [0.717, 1.165) is 48.0 Å². The van der Waals surface area contributed by atoms with Crippen molar-refractivity contribution in [3.8, 4) is 17.2 Å². The Morgan fingerprint density at radius 2 is 1.72 bits per heavy atom. The number of fused-ring (bicyclic) bond motifs is 1. The lowest BCUT2D eigenvalue weighted by Gasteiger charge is -2.11. The third-order valence-corrected chi connectivity index (χ3v) is 4.16. The molecule has 5 nitrogen and oxygen atoms in total. The molecule has 2 aromatic carbocycles. The average molecular weight is 339 g/mol. The van der Waals surface area contributed by atoms with Gasteiger partial charge < -0.3 is 9.84 Å². The quantitative estimate of drug-likeness (QED) is 0.692. The van der Waals surface area contributed by atoms with Crippen molar-refractivity contribution in [3.05, 3.63) is 41.5 Å². The van der Waals surface area contributed by atoms with Crippen LogP contribution in [-0.2, 0) is 12.8 Å². The molecule has 0 atom stereocenters. The van der Waals surface area contributed by atoms with Crippen LogP contribution >= 0.6 is 0 Å². The van der Waals surface area contributed by atoms with Crippen LogP contribution in [0.5, 0.6) is 11.5 Å². The molecule has 0 saturated carbocycles. The standard InChI is InChI=1S/C20H25N3O2/c1-4-7-14-11-15(8-5-2)20(24)19(12-14)23-21-17-10-9-16(25-6-3)13-18(17)22-23/h9-13,24H,4-8H2,1-3H3. The van der Waals surface area contributed by atoms with Gasteiger partial charge in [-0.05, 0) is 49.1 Å². The first-order valence-corrected chi connectivity index (χ1v) is 9.01. The van der Waals surface area contributed by atoms with Crippen molar-refractivity contribution in [1.82, 2.24) is 15.0 Å². The number of aromatic nitrogens is 3. The monoisotopic (exact) mass is 339 g/mol. The second-order valence-corrected chi connectivity index (χ2v) is 6.20. The van der Waals surface area contributed by atoms with E-state index in [1.165, 1.54) is 10.4 Å². The van der Waals surface area contributed by atoms with Crippen molar-refractivity contribution < 1.29 is 9.84 Å². The number of hydrogen-bond donors (Lipinski definition) is 1. The van der Waals surface area contributed by atoms with Crippen LogP contribution < -0.4 is 4.74 Å². The third-order valence-electron chi connectivity index (χ3n) is 4.16. The summed E-state index contributed by atoms with van der Waals surface area (Å²) in [7, 11) is 0. The summed E-state index contributed by atoms with van der Waals surface area (Å²) in [4.78, 5) is 1.54. The van der Waals surface area contributed by atoms with E-state index in [1.54, 1.807) is 0 Å². The van der Waals surface area contributed by atoms with Crippen LogP contribution in [0, 0.1) is 0 Å². The number of phenols is 1. The van der Waals surface area contributed by atoms with E-state index in [0.29, 0.717) is 12.3 Å². The minimum absolute atomic E-state index is 0.270. The van der Waals surface area contributed by atoms with Gasteiger partial charge in [-0.15, -0.1) is 15.0 Å². The maximum atomic E-state index is 10.7. The molecule has 1 N–H and O–H groups in total. The minimum atomic E-state index is 0.270. The van der Waals surface area contributed by atoms with Gasteiger partial charge in [0, 0.05) is 6.07 Å². The van der Waals surface area contributed by atoms with Gasteiger partial charge in [-0.3, -0.25) is 0 Å². The van der Waals surface area contributed by atoms with E-state index in [9.17, 15) is 5.11 Å². The van der Waals surface area contributed by atoms with E-state index in [-0.39, 0.29) is 5.75 Å². The SMILES string of the molecule is CCCc1cc(CCC)c(O)c(-n2nc3ccc(OCC)cc3n2)c1. The molecule has 0 saturated heterocycles. The number of aryl methyl sites for hydroxylation is 2. The second-order valence-electron chi connectivity index (χ2n) is 6.20. The van der Waals surface area contributed by atoms with Crippen LogP contribution in [0.4, 0.5) is 0 Å². The van der Waals surface area contributed by atoms with Crippen molar-refractivity contribution in [2.45, 2.75) is 46.5 Å². The highest BCUT2D eigenvalue weighted by Crippen LogP contribution is 2.30. The van der Waals surface area contributed by atoms with Gasteiger partial charge in [0.05, 0.1) is 6.61 Å². The fraction of sp³-hybridized carbons (Fsp3) is 0.400. The highest BCUT2D eigenvalue weighted by molar-refractivity contribution is 5.76. The number of ether oxygens (including phenoxy) is 1. The molecule has 25 heavy (non-hydrogen) atoms. The lowest BCUT2D eigenvalue weighted by molar-refractivity contribution is 0.340. The zero-order valence-electron chi connectivity index (χ0n) is 15.1. The van der Waals surface area contributed by atoms with E-state index in [4.69, 9.17) is 4.74 Å². The number of aromatic hydroxyl groups is 1. The van der Waals surface area contributed by atoms with Crippen LogP contribution in [0.3, 0.4) is 0 Å². The molecule has 0 aliphatic heterocycles. The molecule has 1 aromatic heterocycles. The van der Waals surface area contributed by atoms with Crippen molar-refractivity contribution in [3.63, 3.8) is 0 Å². The predicted octanol–water partition coefficient (Wildman–Crippen LogP) is 4.43. The van der Waals surface area contributed by atoms with Gasteiger partial charge in [-0.2, -0.15) is 0 Å². The van der Waals surface area contributed by atoms with E-state index in [1.807, 2.05) is 31.2 Å². The molecule has 1 heterocycles. The highest BCUT2D eigenvalue weighted by Gasteiger charge is 2.14. The van der Waals surface area contributed by atoms with Gasteiger partial charge in [-0.25, -0.2) is 0 Å². The smallest absolute Gasteiger partial charge is 0.146 e. The molecule has 0 aliphatic carbocycles. The summed E-state index contributed by atoms with van der Waals surface area (Å²) < 4.78 is 5.53. The van der Waals surface area contributed by atoms with Gasteiger partial charge >= 0.3 is 0 Å². The van der Waals surface area contributed by atoms with Crippen molar-refractivity contribution >= 4 is 11.0 Å². The zero-order valence-corrected chi connectivity index (χ0v) is 15.1. The summed E-state index contributed by atoms with van der Waals surface area (Å²) in [5.41, 5.74) is 4.34. The Labute approximate surface area is 148 Å². The molecular weight excluding hydrogens is 314 g/mol. The van der Waals surface area contributed by atoms with Gasteiger partial charge in [0.1, 0.15) is 28.2 Å². The Balaban J connectivity index is 2.09. The van der Waals surface area contributed by atoms with E-state index < -0.39 is 0 Å². The molecular formula is C20H25N3O2. The first-order chi connectivity index (χ1) is 12.2. The Morgan fingerprint density at radius 3 is 2.44 bits per heavy atom. The highest BCUT2D eigenvalue weighted by atomic mass is 16.5. The molecule has 0 amide bonds. The van der Waals surface area contributed by atoms with E-state index >= 15 is 0 Å². The van der Waals surface area contributed by atoms with Crippen LogP contribution in [0.25, 0.3) is 16.7 Å². The number of nitrogens with zero attached hydrogens (tertiary/aromatic N) is 3. The van der Waals surface area contributed by atoms with Crippen molar-refractivity contribution in [2.24, 2.45) is 0 Å². The minimum Gasteiger partial charge on any atom is -0.505 e. The summed E-state index contributed by atoms with van der Waals surface area (Å²) in [6.45, 7) is 6.83. The van der Waals surface area contributed by atoms with Crippen LogP contribution in [0.15, 0.2) is 30.3 Å². The molecule has 3 aromatic rings. The summed E-state index contributed by atoms with van der Waals surface area (Å²) in [5, 5.41) is 19.8. The second kappa shape index (κ2) is 7.55. The van der Waals surface area contributed by atoms with Gasteiger partial charge in [0.15, 0.2) is 0 Å². The number of hydrogen-bond acceptors (Lipinski definition) is 4.